The molecule has 0 fully saturated rings. The third-order valence-corrected chi connectivity index (χ3v) is 1.26. The molecule has 0 radical (unpaired) electrons. The van der Waals surface area contributed by atoms with E-state index in [-0.39, 0.29) is 0 Å². The molecule has 0 unspecified atom stereocenters. The van der Waals surface area contributed by atoms with Gasteiger partial charge >= 0.3 is 6.05 Å². The summed E-state index contributed by atoms with van der Waals surface area (Å²) in [7, 11) is 0. The number of nitrogens with zero attached hydrogens (tertiary/aromatic N) is 2. The standard InChI is InChI=1S/C6H4F2N2O2/c7-6(8,10(11)12)5-1-3-9-4-2-5/h1-4H. The van der Waals surface area contributed by atoms with Crippen LogP contribution in [0.3, 0.4) is 0 Å². The molecule has 0 bridgehead atoms. The minimum Gasteiger partial charge on any atom is -0.265 e. The van der Waals surface area contributed by atoms with Crippen molar-refractivity contribution in [3.63, 3.8) is 0 Å². The highest BCUT2D eigenvalue weighted by atomic mass is 19.3. The zero-order valence-electron chi connectivity index (χ0n) is 5.78. The number of hydrogen-bond donors (Lipinski definition) is 0. The molecule has 0 saturated heterocycles. The quantitative estimate of drug-likeness (QED) is 0.387. The van der Waals surface area contributed by atoms with Crippen LogP contribution in [0.2, 0.25) is 0 Å². The summed E-state index contributed by atoms with van der Waals surface area (Å²) in [5.41, 5.74) is -0.664. The van der Waals surface area contributed by atoms with Gasteiger partial charge in [-0.1, -0.05) is 0 Å². The van der Waals surface area contributed by atoms with E-state index in [9.17, 15) is 18.9 Å². The number of alkyl halides is 2. The SMILES string of the molecule is O=[N+]([O-])C(F)(F)c1ccncc1. The van der Waals surface area contributed by atoms with Crippen molar-refractivity contribution in [2.75, 3.05) is 0 Å². The summed E-state index contributed by atoms with van der Waals surface area (Å²) < 4.78 is 25.1. The summed E-state index contributed by atoms with van der Waals surface area (Å²) in [4.78, 5) is 11.7. The lowest BCUT2D eigenvalue weighted by Crippen LogP contribution is -2.24. The third-order valence-electron chi connectivity index (χ3n) is 1.26. The Morgan fingerprint density at radius 2 is 1.92 bits per heavy atom. The fourth-order valence-corrected chi connectivity index (χ4v) is 0.658. The van der Waals surface area contributed by atoms with Crippen molar-refractivity contribution in [2.45, 2.75) is 6.05 Å². The zero-order chi connectivity index (χ0) is 9.19. The van der Waals surface area contributed by atoms with E-state index < -0.39 is 16.5 Å². The second kappa shape index (κ2) is 2.80. The van der Waals surface area contributed by atoms with Gasteiger partial charge in [-0.05, 0) is 12.1 Å². The Labute approximate surface area is 66.0 Å². The monoisotopic (exact) mass is 174 g/mol. The molecule has 0 N–H and O–H groups in total. The van der Waals surface area contributed by atoms with Gasteiger partial charge in [0.2, 0.25) is 0 Å². The van der Waals surface area contributed by atoms with E-state index in [4.69, 9.17) is 0 Å². The molecule has 64 valence electrons. The molecule has 0 amide bonds. The molecule has 0 aliphatic carbocycles. The van der Waals surface area contributed by atoms with E-state index in [1.807, 2.05) is 0 Å². The molecule has 0 spiro atoms. The molecule has 1 heterocycles. The molecule has 1 rings (SSSR count). The highest BCUT2D eigenvalue weighted by molar-refractivity contribution is 5.13. The van der Waals surface area contributed by atoms with E-state index in [1.165, 1.54) is 0 Å². The van der Waals surface area contributed by atoms with Gasteiger partial charge in [0.05, 0.1) is 0 Å². The number of halogens is 2. The number of nitro groups is 1. The maximum Gasteiger partial charge on any atom is 0.539 e. The van der Waals surface area contributed by atoms with Crippen LogP contribution < -0.4 is 0 Å². The van der Waals surface area contributed by atoms with Crippen LogP contribution in [0, 0.1) is 10.1 Å². The molecule has 6 heteroatoms. The summed E-state index contributed by atoms with van der Waals surface area (Å²) in [5.74, 6) is 0. The van der Waals surface area contributed by atoms with Crippen molar-refractivity contribution < 1.29 is 13.7 Å². The van der Waals surface area contributed by atoms with Crippen molar-refractivity contribution >= 4 is 0 Å². The Morgan fingerprint density at radius 1 is 1.42 bits per heavy atom. The Morgan fingerprint density at radius 3 is 2.33 bits per heavy atom. The molecule has 1 aromatic rings. The molecule has 1 aromatic heterocycles. The first kappa shape index (κ1) is 8.51. The first-order valence-electron chi connectivity index (χ1n) is 2.98. The lowest BCUT2D eigenvalue weighted by molar-refractivity contribution is -0.656. The minimum atomic E-state index is -4.02. The number of hydrogen-bond acceptors (Lipinski definition) is 3. The van der Waals surface area contributed by atoms with E-state index in [2.05, 4.69) is 4.98 Å². The van der Waals surface area contributed by atoms with Crippen LogP contribution in [0.1, 0.15) is 5.56 Å². The summed E-state index contributed by atoms with van der Waals surface area (Å²) in [6, 6.07) is -2.21. The van der Waals surface area contributed by atoms with Gasteiger partial charge < -0.3 is 0 Å². The van der Waals surface area contributed by atoms with Crippen LogP contribution in [0.15, 0.2) is 24.5 Å². The maximum atomic E-state index is 12.6. The van der Waals surface area contributed by atoms with Gasteiger partial charge in [0.25, 0.3) is 0 Å². The van der Waals surface area contributed by atoms with Crippen LogP contribution in [-0.4, -0.2) is 9.91 Å². The van der Waals surface area contributed by atoms with Crippen LogP contribution >= 0.6 is 0 Å². The Hall–Kier alpha value is -1.59. The predicted molar refractivity (Wildman–Crippen MR) is 35.1 cm³/mol. The van der Waals surface area contributed by atoms with E-state index in [1.54, 1.807) is 0 Å². The second-order valence-corrected chi connectivity index (χ2v) is 2.03. The molecule has 0 saturated carbocycles. The smallest absolute Gasteiger partial charge is 0.265 e. The average Bonchev–Trinajstić information content (AvgIpc) is 2.06. The van der Waals surface area contributed by atoms with Crippen molar-refractivity contribution in [1.29, 1.82) is 0 Å². The van der Waals surface area contributed by atoms with Gasteiger partial charge in [-0.15, -0.1) is 8.78 Å². The highest BCUT2D eigenvalue weighted by Crippen LogP contribution is 2.27. The Kier molecular flexibility index (Phi) is 1.99. The van der Waals surface area contributed by atoms with Crippen LogP contribution in [-0.2, 0) is 6.05 Å². The van der Waals surface area contributed by atoms with Gasteiger partial charge in [-0.25, -0.2) is 0 Å². The van der Waals surface area contributed by atoms with Gasteiger partial charge in [0, 0.05) is 12.4 Å². The van der Waals surface area contributed by atoms with Gasteiger partial charge in [0.15, 0.2) is 0 Å². The number of pyridine rings is 1. The summed E-state index contributed by atoms with van der Waals surface area (Å²) in [6.07, 6.45) is 2.15. The first-order valence-corrected chi connectivity index (χ1v) is 2.98. The van der Waals surface area contributed by atoms with Crippen molar-refractivity contribution in [3.05, 3.63) is 40.2 Å². The molecule has 0 aromatic carbocycles. The second-order valence-electron chi connectivity index (χ2n) is 2.03. The topological polar surface area (TPSA) is 56.0 Å². The van der Waals surface area contributed by atoms with Gasteiger partial charge in [-0.3, -0.25) is 15.1 Å². The van der Waals surface area contributed by atoms with Crippen molar-refractivity contribution in [2.24, 2.45) is 0 Å². The van der Waals surface area contributed by atoms with Crippen LogP contribution in [0.25, 0.3) is 0 Å². The molecule has 4 nitrogen and oxygen atoms in total. The van der Waals surface area contributed by atoms with Crippen LogP contribution in [0.4, 0.5) is 8.78 Å². The lowest BCUT2D eigenvalue weighted by atomic mass is 10.2. The first-order chi connectivity index (χ1) is 5.55. The summed E-state index contributed by atoms with van der Waals surface area (Å²) in [6.45, 7) is 0. The normalized spacial score (nSPS) is 11.2. The third kappa shape index (κ3) is 1.36. The summed E-state index contributed by atoms with van der Waals surface area (Å²) >= 11 is 0. The fourth-order valence-electron chi connectivity index (χ4n) is 0.658. The molecule has 12 heavy (non-hydrogen) atoms. The molecule has 0 aliphatic rings. The van der Waals surface area contributed by atoms with E-state index in [0.717, 1.165) is 24.5 Å². The molecular weight excluding hydrogens is 170 g/mol. The predicted octanol–water partition coefficient (Wildman–Crippen LogP) is 1.41. The van der Waals surface area contributed by atoms with Crippen LogP contribution in [0.5, 0.6) is 0 Å². The zero-order valence-corrected chi connectivity index (χ0v) is 5.78. The fraction of sp³-hybridized carbons (Fsp3) is 0.167. The van der Waals surface area contributed by atoms with Gasteiger partial charge in [0.1, 0.15) is 10.5 Å². The number of aromatic nitrogens is 1. The minimum absolute atomic E-state index is 0.664. The molecule has 0 aliphatic heterocycles. The lowest BCUT2D eigenvalue weighted by Gasteiger charge is -2.05. The Bertz CT molecular complexity index is 289. The highest BCUT2D eigenvalue weighted by Gasteiger charge is 2.46. The largest absolute Gasteiger partial charge is 0.539 e. The van der Waals surface area contributed by atoms with Crippen molar-refractivity contribution in [3.8, 4) is 0 Å². The maximum absolute atomic E-state index is 12.6. The Balaban J connectivity index is 3.06. The van der Waals surface area contributed by atoms with Gasteiger partial charge in [-0.2, -0.15) is 0 Å². The van der Waals surface area contributed by atoms with E-state index in [0.29, 0.717) is 0 Å². The summed E-state index contributed by atoms with van der Waals surface area (Å²) in [5, 5.41) is 9.86. The van der Waals surface area contributed by atoms with E-state index >= 15 is 0 Å². The van der Waals surface area contributed by atoms with Crippen molar-refractivity contribution in [1.82, 2.24) is 4.98 Å². The molecular formula is C6H4F2N2O2. The molecule has 0 atom stereocenters. The average molecular weight is 174 g/mol. The number of rotatable bonds is 2.